The largest absolute Gasteiger partial charge is 0.493 e. The molecule has 0 fully saturated rings. The van der Waals surface area contributed by atoms with Gasteiger partial charge in [-0.1, -0.05) is 95.2 Å². The molecular weight excluding hydrogens is 723 g/mol. The summed E-state index contributed by atoms with van der Waals surface area (Å²) >= 11 is 17.4. The van der Waals surface area contributed by atoms with Gasteiger partial charge >= 0.3 is 5.97 Å². The highest BCUT2D eigenvalue weighted by Crippen LogP contribution is 2.38. The fraction of sp³-hybridized carbons (Fsp3) is 0.139. The number of nitrogens with zero attached hydrogens (tertiary/aromatic N) is 2. The lowest BCUT2D eigenvalue weighted by Gasteiger charge is -2.25. The Bertz CT molecular complexity index is 2180. The van der Waals surface area contributed by atoms with Crippen LogP contribution in [0.15, 0.2) is 111 Å². The molecule has 0 saturated heterocycles. The topological polar surface area (TPSA) is 79.1 Å². The van der Waals surface area contributed by atoms with Crippen LogP contribution in [0.5, 0.6) is 11.5 Å². The first kappa shape index (κ1) is 32.8. The average Bonchev–Trinajstić information content (AvgIpc) is 3.38. The van der Waals surface area contributed by atoms with E-state index in [9.17, 15) is 9.59 Å². The lowest BCUT2D eigenvalue weighted by Crippen LogP contribution is -2.40. The highest BCUT2D eigenvalue weighted by atomic mass is 79.9. The molecule has 0 bridgehead atoms. The number of esters is 1. The van der Waals surface area contributed by atoms with Gasteiger partial charge < -0.3 is 14.2 Å². The van der Waals surface area contributed by atoms with Gasteiger partial charge in [-0.2, -0.15) is 0 Å². The minimum absolute atomic E-state index is 0.164. The van der Waals surface area contributed by atoms with Crippen molar-refractivity contribution in [2.45, 2.75) is 19.6 Å². The first-order valence-corrected chi connectivity index (χ1v) is 16.9. The zero-order valence-corrected chi connectivity index (χ0v) is 29.1. The van der Waals surface area contributed by atoms with E-state index >= 15 is 0 Å². The molecule has 2 heterocycles. The molecule has 6 rings (SSSR count). The maximum Gasteiger partial charge on any atom is 0.338 e. The Labute approximate surface area is 293 Å². The highest BCUT2D eigenvalue weighted by molar-refractivity contribution is 9.10. The van der Waals surface area contributed by atoms with Crippen molar-refractivity contribution >= 4 is 68.2 Å². The second kappa shape index (κ2) is 14.3. The van der Waals surface area contributed by atoms with Crippen LogP contribution in [0.25, 0.3) is 11.8 Å². The van der Waals surface area contributed by atoms with Crippen molar-refractivity contribution in [3.05, 3.63) is 153 Å². The van der Waals surface area contributed by atoms with Crippen molar-refractivity contribution in [3.8, 4) is 11.5 Å². The Kier molecular flexibility index (Phi) is 9.98. The molecule has 1 atom stereocenters. The maximum atomic E-state index is 14.2. The van der Waals surface area contributed by atoms with Crippen LogP contribution in [0.4, 0.5) is 0 Å². The summed E-state index contributed by atoms with van der Waals surface area (Å²) in [6.07, 6.45) is 1.77. The fourth-order valence-corrected chi connectivity index (χ4v) is 7.17. The minimum Gasteiger partial charge on any atom is -0.493 e. The second-order valence-electron chi connectivity index (χ2n) is 10.4. The Morgan fingerprint density at radius 3 is 2.45 bits per heavy atom. The number of carbonyl (C=O) groups is 1. The van der Waals surface area contributed by atoms with Gasteiger partial charge in [0.2, 0.25) is 0 Å². The van der Waals surface area contributed by atoms with Crippen LogP contribution in [0.1, 0.15) is 35.2 Å². The van der Waals surface area contributed by atoms with Crippen LogP contribution in [0.3, 0.4) is 0 Å². The van der Waals surface area contributed by atoms with Crippen LogP contribution in [-0.2, 0) is 16.1 Å². The predicted octanol–water partition coefficient (Wildman–Crippen LogP) is 7.59. The molecule has 238 valence electrons. The van der Waals surface area contributed by atoms with E-state index in [1.54, 1.807) is 55.0 Å². The van der Waals surface area contributed by atoms with Crippen LogP contribution in [-0.4, -0.2) is 24.3 Å². The molecule has 0 radical (unpaired) electrons. The molecule has 0 spiro atoms. The van der Waals surface area contributed by atoms with E-state index in [-0.39, 0.29) is 24.3 Å². The lowest BCUT2D eigenvalue weighted by atomic mass is 9.93. The third-order valence-corrected chi connectivity index (χ3v) is 9.63. The van der Waals surface area contributed by atoms with Crippen LogP contribution in [0.2, 0.25) is 10.0 Å². The molecule has 11 heteroatoms. The van der Waals surface area contributed by atoms with E-state index in [1.807, 2.05) is 60.7 Å². The first-order valence-electron chi connectivity index (χ1n) is 14.6. The van der Waals surface area contributed by atoms with Crippen molar-refractivity contribution in [2.75, 3.05) is 13.7 Å². The van der Waals surface area contributed by atoms with Gasteiger partial charge in [0.25, 0.3) is 5.56 Å². The molecule has 1 unspecified atom stereocenters. The molecule has 5 aromatic rings. The van der Waals surface area contributed by atoms with Gasteiger partial charge in [-0.3, -0.25) is 9.36 Å². The van der Waals surface area contributed by atoms with E-state index in [0.717, 1.165) is 11.1 Å². The smallest absolute Gasteiger partial charge is 0.338 e. The SMILES string of the molecule is CCOC(=O)C1=C(c2ccccc2)N=c2sc(=Cc3cc(Br)c(OCc4ccccc4Cl)c(OC)c3)c(=O)n2C1c1ccc(Cl)cc1. The molecule has 4 aromatic carbocycles. The number of hydrogen-bond acceptors (Lipinski definition) is 7. The first-order chi connectivity index (χ1) is 22.8. The highest BCUT2D eigenvalue weighted by Gasteiger charge is 2.35. The van der Waals surface area contributed by atoms with Crippen molar-refractivity contribution in [3.63, 3.8) is 0 Å². The number of rotatable bonds is 9. The van der Waals surface area contributed by atoms with E-state index in [0.29, 0.717) is 52.2 Å². The van der Waals surface area contributed by atoms with Crippen LogP contribution < -0.4 is 24.4 Å². The number of benzene rings is 4. The molecule has 0 N–H and O–H groups in total. The number of aromatic nitrogens is 1. The Morgan fingerprint density at radius 1 is 1.02 bits per heavy atom. The number of methoxy groups -OCH3 is 1. The van der Waals surface area contributed by atoms with E-state index in [1.165, 1.54) is 11.3 Å². The van der Waals surface area contributed by atoms with Crippen LogP contribution in [0, 0.1) is 0 Å². The summed E-state index contributed by atoms with van der Waals surface area (Å²) in [5.41, 5.74) is 3.36. The Morgan fingerprint density at radius 2 is 1.74 bits per heavy atom. The summed E-state index contributed by atoms with van der Waals surface area (Å²) in [4.78, 5) is 33.2. The fourth-order valence-electron chi connectivity index (χ4n) is 5.28. The van der Waals surface area contributed by atoms with Gasteiger partial charge in [0.1, 0.15) is 6.61 Å². The number of fused-ring (bicyclic) bond motifs is 1. The van der Waals surface area contributed by atoms with E-state index in [4.69, 9.17) is 42.4 Å². The quantitative estimate of drug-likeness (QED) is 0.145. The maximum absolute atomic E-state index is 14.2. The number of hydrogen-bond donors (Lipinski definition) is 0. The summed E-state index contributed by atoms with van der Waals surface area (Å²) < 4.78 is 19.9. The molecule has 1 aromatic heterocycles. The third-order valence-electron chi connectivity index (χ3n) is 7.44. The van der Waals surface area contributed by atoms with Crippen molar-refractivity contribution in [2.24, 2.45) is 4.99 Å². The molecule has 7 nitrogen and oxygen atoms in total. The molecular formula is C36H27BrCl2N2O5S. The van der Waals surface area contributed by atoms with Gasteiger partial charge in [0.05, 0.1) is 40.0 Å². The molecule has 47 heavy (non-hydrogen) atoms. The minimum atomic E-state index is -0.804. The number of carbonyl (C=O) groups excluding carboxylic acids is 1. The standard InChI is InChI=1S/C36H27BrCl2N2O5S/c1-3-45-35(43)30-31(22-9-5-4-6-10-22)40-36-41(32(30)23-13-15-25(38)16-14-23)34(42)29(47-36)19-21-17-26(37)33(28(18-21)44-2)46-20-24-11-7-8-12-27(24)39/h4-19,32H,3,20H2,1-2H3. The third kappa shape index (κ3) is 6.80. The molecule has 1 aliphatic heterocycles. The zero-order chi connectivity index (χ0) is 33.1. The lowest BCUT2D eigenvalue weighted by molar-refractivity contribution is -0.138. The number of thiazole rings is 1. The summed E-state index contributed by atoms with van der Waals surface area (Å²) in [6.45, 7) is 2.15. The van der Waals surface area contributed by atoms with Crippen molar-refractivity contribution in [1.29, 1.82) is 0 Å². The van der Waals surface area contributed by atoms with Crippen molar-refractivity contribution < 1.29 is 19.0 Å². The number of halogens is 3. The Balaban J connectivity index is 1.49. The molecule has 0 amide bonds. The van der Waals surface area contributed by atoms with E-state index < -0.39 is 12.0 Å². The van der Waals surface area contributed by atoms with Gasteiger partial charge in [-0.25, -0.2) is 9.79 Å². The van der Waals surface area contributed by atoms with Gasteiger partial charge in [-0.05, 0) is 70.4 Å². The average molecular weight is 750 g/mol. The summed E-state index contributed by atoms with van der Waals surface area (Å²) in [5, 5.41) is 1.14. The monoisotopic (exact) mass is 748 g/mol. The second-order valence-corrected chi connectivity index (χ2v) is 13.1. The van der Waals surface area contributed by atoms with Gasteiger partial charge in [0.15, 0.2) is 16.3 Å². The van der Waals surface area contributed by atoms with Crippen molar-refractivity contribution in [1.82, 2.24) is 4.57 Å². The summed E-state index contributed by atoms with van der Waals surface area (Å²) in [7, 11) is 1.55. The summed E-state index contributed by atoms with van der Waals surface area (Å²) in [5.74, 6) is 0.422. The zero-order valence-electron chi connectivity index (χ0n) is 25.2. The summed E-state index contributed by atoms with van der Waals surface area (Å²) in [6, 6.07) is 26.8. The van der Waals surface area contributed by atoms with Crippen LogP contribution >= 0.6 is 50.5 Å². The predicted molar refractivity (Wildman–Crippen MR) is 189 cm³/mol. The molecule has 0 aliphatic carbocycles. The Hall–Kier alpha value is -4.15. The van der Waals surface area contributed by atoms with Gasteiger partial charge in [0, 0.05) is 21.2 Å². The number of ether oxygens (including phenoxy) is 3. The molecule has 0 saturated carbocycles. The van der Waals surface area contributed by atoms with E-state index in [2.05, 4.69) is 15.9 Å². The normalized spacial score (nSPS) is 14.4. The van der Waals surface area contributed by atoms with Gasteiger partial charge in [-0.15, -0.1) is 0 Å². The molecule has 1 aliphatic rings.